The third-order valence-corrected chi connectivity index (χ3v) is 4.78. The summed E-state index contributed by atoms with van der Waals surface area (Å²) in [6.07, 6.45) is 0. The molecule has 4 aromatic rings. The van der Waals surface area contributed by atoms with Gasteiger partial charge < -0.3 is 5.32 Å². The Bertz CT molecular complexity index is 1130. The van der Waals surface area contributed by atoms with Crippen LogP contribution in [-0.2, 0) is 0 Å². The lowest BCUT2D eigenvalue weighted by molar-refractivity contribution is 0.0921. The number of pyridine rings is 1. The lowest BCUT2D eigenvalue weighted by Crippen LogP contribution is -2.40. The van der Waals surface area contributed by atoms with Crippen LogP contribution in [0.1, 0.15) is 31.1 Å². The van der Waals surface area contributed by atoms with Crippen molar-refractivity contribution in [2.75, 3.05) is 0 Å². The van der Waals surface area contributed by atoms with E-state index in [-0.39, 0.29) is 11.4 Å². The maximum absolute atomic E-state index is 12.9. The van der Waals surface area contributed by atoms with Gasteiger partial charge in [0.05, 0.1) is 21.5 Å². The minimum Gasteiger partial charge on any atom is -0.347 e. The summed E-state index contributed by atoms with van der Waals surface area (Å²) in [4.78, 5) is 17.7. The molecule has 1 N–H and O–H groups in total. The highest BCUT2D eigenvalue weighted by Gasteiger charge is 2.19. The molecule has 26 heavy (non-hydrogen) atoms. The maximum Gasteiger partial charge on any atom is 0.252 e. The van der Waals surface area contributed by atoms with Gasteiger partial charge in [0.15, 0.2) is 0 Å². The van der Waals surface area contributed by atoms with Gasteiger partial charge in [-0.25, -0.2) is 4.98 Å². The summed E-state index contributed by atoms with van der Waals surface area (Å²) >= 11 is 1.34. The Labute approximate surface area is 155 Å². The molecule has 0 bridgehead atoms. The number of carbonyl (C=O) groups excluding carboxylic acids is 1. The van der Waals surface area contributed by atoms with Gasteiger partial charge in [-0.15, -0.1) is 5.10 Å². The van der Waals surface area contributed by atoms with Gasteiger partial charge in [0.25, 0.3) is 5.91 Å². The zero-order valence-corrected chi connectivity index (χ0v) is 15.6. The predicted molar refractivity (Wildman–Crippen MR) is 105 cm³/mol. The van der Waals surface area contributed by atoms with Crippen molar-refractivity contribution in [3.8, 4) is 11.3 Å². The van der Waals surface area contributed by atoms with Gasteiger partial charge >= 0.3 is 0 Å². The second-order valence-corrected chi connectivity index (χ2v) is 7.96. The van der Waals surface area contributed by atoms with Crippen LogP contribution >= 0.6 is 11.5 Å². The zero-order chi connectivity index (χ0) is 18.3. The lowest BCUT2D eigenvalue weighted by Gasteiger charge is -2.21. The van der Waals surface area contributed by atoms with E-state index in [1.54, 1.807) is 0 Å². The van der Waals surface area contributed by atoms with E-state index in [0.29, 0.717) is 5.56 Å². The summed E-state index contributed by atoms with van der Waals surface area (Å²) in [7, 11) is 0. The van der Waals surface area contributed by atoms with Crippen LogP contribution < -0.4 is 5.32 Å². The lowest BCUT2D eigenvalue weighted by atomic mass is 10.0. The van der Waals surface area contributed by atoms with Gasteiger partial charge in [0.1, 0.15) is 5.52 Å². The number of hydrogen-bond donors (Lipinski definition) is 1. The summed E-state index contributed by atoms with van der Waals surface area (Å²) in [6, 6.07) is 15.4. The summed E-state index contributed by atoms with van der Waals surface area (Å²) in [5, 5.41) is 8.02. The molecule has 1 amide bonds. The monoisotopic (exact) mass is 362 g/mol. The number of para-hydroxylation sites is 1. The third kappa shape index (κ3) is 3.04. The summed E-state index contributed by atoms with van der Waals surface area (Å²) in [5.74, 6) is -0.105. The number of fused-ring (bicyclic) bond motifs is 2. The fourth-order valence-electron chi connectivity index (χ4n) is 2.92. The molecule has 0 atom stereocenters. The molecular formula is C20H18N4OS. The molecule has 2 heterocycles. The maximum atomic E-state index is 12.9. The van der Waals surface area contributed by atoms with Crippen molar-refractivity contribution < 1.29 is 4.79 Å². The Morgan fingerprint density at radius 3 is 2.62 bits per heavy atom. The molecule has 0 aliphatic heterocycles. The average molecular weight is 362 g/mol. The fourth-order valence-corrected chi connectivity index (χ4v) is 3.60. The van der Waals surface area contributed by atoms with E-state index in [1.807, 2.05) is 69.3 Å². The second kappa shape index (κ2) is 6.14. The van der Waals surface area contributed by atoms with Crippen molar-refractivity contribution in [1.29, 1.82) is 0 Å². The topological polar surface area (TPSA) is 67.8 Å². The molecule has 6 heteroatoms. The van der Waals surface area contributed by atoms with Crippen LogP contribution in [0.4, 0.5) is 0 Å². The first-order valence-electron chi connectivity index (χ1n) is 8.36. The van der Waals surface area contributed by atoms with Crippen LogP contribution in [0.25, 0.3) is 32.4 Å². The molecule has 130 valence electrons. The molecule has 2 aromatic carbocycles. The van der Waals surface area contributed by atoms with Crippen molar-refractivity contribution in [3.05, 3.63) is 54.1 Å². The number of aromatic nitrogens is 3. The molecule has 0 radical (unpaired) electrons. The summed E-state index contributed by atoms with van der Waals surface area (Å²) in [5.41, 5.74) is 3.62. The molecule has 5 nitrogen and oxygen atoms in total. The highest BCUT2D eigenvalue weighted by atomic mass is 32.1. The molecule has 0 unspecified atom stereocenters. The van der Waals surface area contributed by atoms with Crippen molar-refractivity contribution in [2.45, 2.75) is 26.3 Å². The SMILES string of the molecule is CC(C)(C)NC(=O)c1cc(-c2cccc3nnsc23)nc2ccccc12. The smallest absolute Gasteiger partial charge is 0.252 e. The van der Waals surface area contributed by atoms with E-state index >= 15 is 0 Å². The molecule has 0 saturated heterocycles. The normalized spacial score (nSPS) is 11.8. The van der Waals surface area contributed by atoms with E-state index in [9.17, 15) is 4.79 Å². The Hall–Kier alpha value is -2.86. The van der Waals surface area contributed by atoms with Gasteiger partial charge in [-0.05, 0) is 50.5 Å². The molecule has 0 aliphatic carbocycles. The van der Waals surface area contributed by atoms with E-state index in [1.165, 1.54) is 11.5 Å². The van der Waals surface area contributed by atoms with E-state index in [2.05, 4.69) is 14.9 Å². The number of nitrogens with one attached hydrogen (secondary N) is 1. The van der Waals surface area contributed by atoms with Crippen LogP contribution in [0.2, 0.25) is 0 Å². The van der Waals surface area contributed by atoms with Gasteiger partial charge in [-0.3, -0.25) is 4.79 Å². The van der Waals surface area contributed by atoms with Crippen LogP contribution in [0.3, 0.4) is 0 Å². The molecule has 4 rings (SSSR count). The van der Waals surface area contributed by atoms with Crippen molar-refractivity contribution in [1.82, 2.24) is 19.9 Å². The number of carbonyl (C=O) groups is 1. The van der Waals surface area contributed by atoms with Crippen LogP contribution in [0, 0.1) is 0 Å². The number of nitrogens with zero attached hydrogens (tertiary/aromatic N) is 3. The van der Waals surface area contributed by atoms with E-state index in [0.717, 1.165) is 32.4 Å². The largest absolute Gasteiger partial charge is 0.347 e. The van der Waals surface area contributed by atoms with Crippen molar-refractivity contribution in [2.24, 2.45) is 0 Å². The standard InChI is InChI=1S/C20H18N4OS/c1-20(2,3)22-19(25)14-11-17(21-15-9-5-4-7-12(14)15)13-8-6-10-16-18(13)26-24-23-16/h4-11H,1-3H3,(H,22,25). The summed E-state index contributed by atoms with van der Waals surface area (Å²) < 4.78 is 5.01. The number of benzene rings is 2. The zero-order valence-electron chi connectivity index (χ0n) is 14.8. The Kier molecular flexibility index (Phi) is 3.92. The minimum atomic E-state index is -0.316. The first-order valence-corrected chi connectivity index (χ1v) is 9.13. The van der Waals surface area contributed by atoms with Crippen molar-refractivity contribution >= 4 is 38.6 Å². The Morgan fingerprint density at radius 2 is 1.81 bits per heavy atom. The van der Waals surface area contributed by atoms with Gasteiger partial charge in [-0.1, -0.05) is 34.8 Å². The van der Waals surface area contributed by atoms with Crippen molar-refractivity contribution in [3.63, 3.8) is 0 Å². The number of hydrogen-bond acceptors (Lipinski definition) is 5. The Balaban J connectivity index is 1.95. The average Bonchev–Trinajstić information content (AvgIpc) is 3.08. The van der Waals surface area contributed by atoms with E-state index in [4.69, 9.17) is 4.98 Å². The molecular weight excluding hydrogens is 344 g/mol. The molecule has 0 aliphatic rings. The van der Waals surface area contributed by atoms with Crippen LogP contribution in [-0.4, -0.2) is 26.0 Å². The summed E-state index contributed by atoms with van der Waals surface area (Å²) in [6.45, 7) is 5.91. The van der Waals surface area contributed by atoms with Crippen LogP contribution in [0.15, 0.2) is 48.5 Å². The van der Waals surface area contributed by atoms with E-state index < -0.39 is 0 Å². The molecule has 0 saturated carbocycles. The van der Waals surface area contributed by atoms with Gasteiger partial charge in [-0.2, -0.15) is 0 Å². The third-order valence-electron chi connectivity index (χ3n) is 4.00. The molecule has 2 aromatic heterocycles. The number of amides is 1. The molecule has 0 fully saturated rings. The second-order valence-electron chi connectivity index (χ2n) is 7.20. The first-order chi connectivity index (χ1) is 12.4. The molecule has 0 spiro atoms. The predicted octanol–water partition coefficient (Wildman–Crippen LogP) is 4.43. The highest BCUT2D eigenvalue weighted by molar-refractivity contribution is 7.13. The highest BCUT2D eigenvalue weighted by Crippen LogP contribution is 2.31. The first kappa shape index (κ1) is 16.6. The van der Waals surface area contributed by atoms with Gasteiger partial charge in [0.2, 0.25) is 0 Å². The van der Waals surface area contributed by atoms with Gasteiger partial charge in [0, 0.05) is 16.5 Å². The Morgan fingerprint density at radius 1 is 1.04 bits per heavy atom. The quantitative estimate of drug-likeness (QED) is 0.573. The minimum absolute atomic E-state index is 0.105. The van der Waals surface area contributed by atoms with Crippen LogP contribution in [0.5, 0.6) is 0 Å². The fraction of sp³-hybridized carbons (Fsp3) is 0.200. The number of rotatable bonds is 2.